The average molecular weight is 248 g/mol. The maximum atomic E-state index is 6.31. The molecule has 2 atom stereocenters. The highest BCUT2D eigenvalue weighted by molar-refractivity contribution is 5.37. The third-order valence-electron chi connectivity index (χ3n) is 3.80. The van der Waals surface area contributed by atoms with Gasteiger partial charge in [-0.25, -0.2) is 0 Å². The number of benzene rings is 1. The lowest BCUT2D eigenvalue weighted by Crippen LogP contribution is -2.36. The first-order valence-corrected chi connectivity index (χ1v) is 6.84. The van der Waals surface area contributed by atoms with E-state index in [0.29, 0.717) is 6.04 Å². The molecule has 1 saturated heterocycles. The lowest BCUT2D eigenvalue weighted by atomic mass is 9.94. The largest absolute Gasteiger partial charge is 0.496 e. The number of rotatable bonds is 4. The molecule has 0 amide bonds. The van der Waals surface area contributed by atoms with E-state index >= 15 is 0 Å². The van der Waals surface area contributed by atoms with Gasteiger partial charge < -0.3 is 15.8 Å². The molecule has 1 heterocycles. The zero-order chi connectivity index (χ0) is 13.0. The number of ether oxygens (including phenoxy) is 1. The fourth-order valence-corrected chi connectivity index (χ4v) is 2.70. The molecule has 1 aromatic rings. The van der Waals surface area contributed by atoms with E-state index in [0.717, 1.165) is 24.3 Å². The van der Waals surface area contributed by atoms with Crippen LogP contribution in [0, 0.1) is 6.92 Å². The number of aryl methyl sites for hydroxylation is 1. The van der Waals surface area contributed by atoms with Gasteiger partial charge in [0.05, 0.1) is 7.11 Å². The van der Waals surface area contributed by atoms with Gasteiger partial charge >= 0.3 is 0 Å². The van der Waals surface area contributed by atoms with E-state index in [2.05, 4.69) is 24.4 Å². The van der Waals surface area contributed by atoms with Crippen molar-refractivity contribution in [2.75, 3.05) is 13.7 Å². The summed E-state index contributed by atoms with van der Waals surface area (Å²) < 4.78 is 5.28. The van der Waals surface area contributed by atoms with Crippen molar-refractivity contribution < 1.29 is 4.74 Å². The molecule has 0 aromatic heterocycles. The molecule has 2 unspecified atom stereocenters. The molecule has 1 aliphatic rings. The van der Waals surface area contributed by atoms with Crippen molar-refractivity contribution >= 4 is 0 Å². The van der Waals surface area contributed by atoms with Crippen molar-refractivity contribution in [3.8, 4) is 5.75 Å². The van der Waals surface area contributed by atoms with Crippen molar-refractivity contribution in [1.29, 1.82) is 0 Å². The van der Waals surface area contributed by atoms with Gasteiger partial charge in [0, 0.05) is 12.1 Å². The Hall–Kier alpha value is -1.06. The number of methoxy groups -OCH3 is 1. The van der Waals surface area contributed by atoms with Crippen molar-refractivity contribution in [3.63, 3.8) is 0 Å². The summed E-state index contributed by atoms with van der Waals surface area (Å²) in [4.78, 5) is 0. The predicted molar refractivity (Wildman–Crippen MR) is 74.9 cm³/mol. The van der Waals surface area contributed by atoms with Gasteiger partial charge in [0.25, 0.3) is 0 Å². The fraction of sp³-hybridized carbons (Fsp3) is 0.600. The van der Waals surface area contributed by atoms with Gasteiger partial charge in [-0.1, -0.05) is 18.6 Å². The summed E-state index contributed by atoms with van der Waals surface area (Å²) in [6.07, 6.45) is 4.90. The van der Waals surface area contributed by atoms with Crippen LogP contribution in [-0.2, 0) is 0 Å². The SMILES string of the molecule is COc1ccc(C(N)CC2CCCCN2)cc1C. The van der Waals surface area contributed by atoms with Crippen LogP contribution in [0.1, 0.15) is 42.9 Å². The van der Waals surface area contributed by atoms with E-state index in [1.165, 1.54) is 24.8 Å². The van der Waals surface area contributed by atoms with Crippen molar-refractivity contribution in [3.05, 3.63) is 29.3 Å². The lowest BCUT2D eigenvalue weighted by molar-refractivity contribution is 0.362. The van der Waals surface area contributed by atoms with E-state index in [1.807, 2.05) is 6.07 Å². The molecular formula is C15H24N2O. The maximum absolute atomic E-state index is 6.31. The van der Waals surface area contributed by atoms with Crippen molar-refractivity contribution in [1.82, 2.24) is 5.32 Å². The van der Waals surface area contributed by atoms with E-state index in [9.17, 15) is 0 Å². The Kier molecular flexibility index (Phi) is 4.61. The van der Waals surface area contributed by atoms with Crippen molar-refractivity contribution in [2.45, 2.75) is 44.7 Å². The van der Waals surface area contributed by atoms with Crippen LogP contribution in [0.3, 0.4) is 0 Å². The average Bonchev–Trinajstić information content (AvgIpc) is 2.39. The van der Waals surface area contributed by atoms with Crippen LogP contribution in [0.15, 0.2) is 18.2 Å². The minimum atomic E-state index is 0.116. The number of piperidine rings is 1. The minimum Gasteiger partial charge on any atom is -0.496 e. The Morgan fingerprint density at radius 1 is 1.44 bits per heavy atom. The Balaban J connectivity index is 1.99. The van der Waals surface area contributed by atoms with E-state index in [-0.39, 0.29) is 6.04 Å². The Morgan fingerprint density at radius 2 is 2.28 bits per heavy atom. The Morgan fingerprint density at radius 3 is 2.89 bits per heavy atom. The molecule has 2 rings (SSSR count). The van der Waals surface area contributed by atoms with Crippen LogP contribution in [0.4, 0.5) is 0 Å². The number of nitrogens with one attached hydrogen (secondary N) is 1. The summed E-state index contributed by atoms with van der Waals surface area (Å²) in [7, 11) is 1.70. The van der Waals surface area contributed by atoms with Gasteiger partial charge in [-0.2, -0.15) is 0 Å². The second-order valence-electron chi connectivity index (χ2n) is 5.22. The highest BCUT2D eigenvalue weighted by Gasteiger charge is 2.17. The zero-order valence-electron chi connectivity index (χ0n) is 11.4. The fourth-order valence-electron chi connectivity index (χ4n) is 2.70. The number of hydrogen-bond acceptors (Lipinski definition) is 3. The molecule has 100 valence electrons. The van der Waals surface area contributed by atoms with E-state index in [4.69, 9.17) is 10.5 Å². The third kappa shape index (κ3) is 3.24. The smallest absolute Gasteiger partial charge is 0.121 e. The van der Waals surface area contributed by atoms with Crippen LogP contribution in [0.2, 0.25) is 0 Å². The molecule has 0 spiro atoms. The molecule has 0 saturated carbocycles. The molecule has 1 fully saturated rings. The van der Waals surface area contributed by atoms with Crippen molar-refractivity contribution in [2.24, 2.45) is 5.73 Å². The summed E-state index contributed by atoms with van der Waals surface area (Å²) >= 11 is 0. The van der Waals surface area contributed by atoms with Gasteiger partial charge in [0.1, 0.15) is 5.75 Å². The van der Waals surface area contributed by atoms with Gasteiger partial charge in [0.15, 0.2) is 0 Å². The zero-order valence-corrected chi connectivity index (χ0v) is 11.4. The number of hydrogen-bond donors (Lipinski definition) is 2. The first-order chi connectivity index (χ1) is 8.70. The Bertz CT molecular complexity index is 386. The van der Waals surface area contributed by atoms with Gasteiger partial charge in [-0.3, -0.25) is 0 Å². The topological polar surface area (TPSA) is 47.3 Å². The molecule has 3 N–H and O–H groups in total. The van der Waals surface area contributed by atoms with Crippen LogP contribution in [0.5, 0.6) is 5.75 Å². The summed E-state index contributed by atoms with van der Waals surface area (Å²) in [6, 6.07) is 6.94. The first-order valence-electron chi connectivity index (χ1n) is 6.84. The molecule has 0 aliphatic carbocycles. The second kappa shape index (κ2) is 6.21. The van der Waals surface area contributed by atoms with E-state index in [1.54, 1.807) is 7.11 Å². The molecule has 0 bridgehead atoms. The monoisotopic (exact) mass is 248 g/mol. The van der Waals surface area contributed by atoms with Crippen LogP contribution in [-0.4, -0.2) is 19.7 Å². The normalized spacial score (nSPS) is 21.6. The minimum absolute atomic E-state index is 0.116. The quantitative estimate of drug-likeness (QED) is 0.861. The summed E-state index contributed by atoms with van der Waals surface area (Å²) in [5.74, 6) is 0.932. The number of nitrogens with two attached hydrogens (primary N) is 1. The summed E-state index contributed by atoms with van der Waals surface area (Å²) in [5, 5.41) is 3.55. The van der Waals surface area contributed by atoms with Crippen LogP contribution >= 0.6 is 0 Å². The molecular weight excluding hydrogens is 224 g/mol. The van der Waals surface area contributed by atoms with E-state index < -0.39 is 0 Å². The molecule has 18 heavy (non-hydrogen) atoms. The lowest BCUT2D eigenvalue weighted by Gasteiger charge is -2.26. The molecule has 1 aromatic carbocycles. The highest BCUT2D eigenvalue weighted by atomic mass is 16.5. The van der Waals surface area contributed by atoms with Gasteiger partial charge in [0.2, 0.25) is 0 Å². The van der Waals surface area contributed by atoms with Gasteiger partial charge in [-0.15, -0.1) is 0 Å². The predicted octanol–water partition coefficient (Wildman–Crippen LogP) is 2.54. The molecule has 1 aliphatic heterocycles. The Labute approximate surface area is 110 Å². The molecule has 3 nitrogen and oxygen atoms in total. The van der Waals surface area contributed by atoms with Gasteiger partial charge in [-0.05, 0) is 49.9 Å². The van der Waals surface area contributed by atoms with Crippen LogP contribution in [0.25, 0.3) is 0 Å². The summed E-state index contributed by atoms with van der Waals surface area (Å²) in [6.45, 7) is 3.20. The first kappa shape index (κ1) is 13.4. The highest BCUT2D eigenvalue weighted by Crippen LogP contribution is 2.25. The third-order valence-corrected chi connectivity index (χ3v) is 3.80. The second-order valence-corrected chi connectivity index (χ2v) is 5.22. The standard InChI is InChI=1S/C15H24N2O/c1-11-9-12(6-7-15(11)18-2)14(16)10-13-5-3-4-8-17-13/h6-7,9,13-14,17H,3-5,8,10,16H2,1-2H3. The molecule has 3 heteroatoms. The summed E-state index contributed by atoms with van der Waals surface area (Å²) in [5.41, 5.74) is 8.67. The van der Waals surface area contributed by atoms with Crippen LogP contribution < -0.4 is 15.8 Å². The maximum Gasteiger partial charge on any atom is 0.121 e. The molecule has 0 radical (unpaired) electrons.